The van der Waals surface area contributed by atoms with Crippen LogP contribution in [0.15, 0.2) is 22.7 Å². The summed E-state index contributed by atoms with van der Waals surface area (Å²) in [7, 11) is 0. The maximum Gasteiger partial charge on any atom is 0.335 e. The second kappa shape index (κ2) is 6.16. The van der Waals surface area contributed by atoms with Crippen molar-refractivity contribution in [2.24, 2.45) is 5.92 Å². The number of nitrogens with one attached hydrogen (secondary N) is 2. The van der Waals surface area contributed by atoms with Crippen LogP contribution in [0.25, 0.3) is 0 Å². The predicted octanol–water partition coefficient (Wildman–Crippen LogP) is 2.09. The molecule has 1 fully saturated rings. The highest BCUT2D eigenvalue weighted by molar-refractivity contribution is 9.10. The van der Waals surface area contributed by atoms with Crippen molar-refractivity contribution in [3.8, 4) is 0 Å². The van der Waals surface area contributed by atoms with Gasteiger partial charge < -0.3 is 15.7 Å². The second-order valence-corrected chi connectivity index (χ2v) is 5.39. The van der Waals surface area contributed by atoms with Gasteiger partial charge in [-0.1, -0.05) is 0 Å². The summed E-state index contributed by atoms with van der Waals surface area (Å²) < 4.78 is 0.676. The van der Waals surface area contributed by atoms with E-state index in [2.05, 4.69) is 26.6 Å². The van der Waals surface area contributed by atoms with Gasteiger partial charge in [0.25, 0.3) is 0 Å². The van der Waals surface area contributed by atoms with Crippen LogP contribution in [-0.2, 0) is 4.79 Å². The Labute approximate surface area is 119 Å². The fourth-order valence-corrected chi connectivity index (χ4v) is 2.41. The lowest BCUT2D eigenvalue weighted by molar-refractivity contribution is -0.120. The first-order valence-electron chi connectivity index (χ1n) is 6.12. The Morgan fingerprint density at radius 3 is 2.84 bits per heavy atom. The summed E-state index contributed by atoms with van der Waals surface area (Å²) in [4.78, 5) is 23.0. The van der Waals surface area contributed by atoms with Crippen LogP contribution in [0.2, 0.25) is 0 Å². The molecule has 1 amide bonds. The number of halogens is 1. The predicted molar refractivity (Wildman–Crippen MR) is 75.3 cm³/mol. The van der Waals surface area contributed by atoms with Crippen LogP contribution in [0.5, 0.6) is 0 Å². The van der Waals surface area contributed by atoms with Gasteiger partial charge >= 0.3 is 5.97 Å². The van der Waals surface area contributed by atoms with E-state index in [1.807, 2.05) is 0 Å². The van der Waals surface area contributed by atoms with Crippen molar-refractivity contribution < 1.29 is 14.7 Å². The van der Waals surface area contributed by atoms with Gasteiger partial charge in [0.1, 0.15) is 0 Å². The molecule has 1 unspecified atom stereocenters. The lowest BCUT2D eigenvalue weighted by Crippen LogP contribution is -2.37. The molecular weight excluding hydrogens is 312 g/mol. The van der Waals surface area contributed by atoms with Gasteiger partial charge in [0.2, 0.25) is 5.91 Å². The van der Waals surface area contributed by atoms with Crippen molar-refractivity contribution in [3.05, 3.63) is 28.2 Å². The zero-order valence-corrected chi connectivity index (χ0v) is 11.9. The van der Waals surface area contributed by atoms with E-state index < -0.39 is 5.97 Å². The van der Waals surface area contributed by atoms with Gasteiger partial charge in [0.15, 0.2) is 0 Å². The largest absolute Gasteiger partial charge is 0.478 e. The first-order valence-corrected chi connectivity index (χ1v) is 6.91. The summed E-state index contributed by atoms with van der Waals surface area (Å²) >= 11 is 3.31. The molecule has 0 radical (unpaired) electrons. The quantitative estimate of drug-likeness (QED) is 0.794. The van der Waals surface area contributed by atoms with Crippen LogP contribution in [0.3, 0.4) is 0 Å². The highest BCUT2D eigenvalue weighted by atomic mass is 79.9. The standard InChI is InChI=1S/C13H15BrN2O3/c14-10-4-3-8(13(18)19)6-11(10)16-12(17)9-2-1-5-15-7-9/h3-4,6,9,15H,1-2,5,7H2,(H,16,17)(H,18,19). The molecule has 1 aromatic rings. The molecule has 102 valence electrons. The molecule has 19 heavy (non-hydrogen) atoms. The number of piperidine rings is 1. The van der Waals surface area contributed by atoms with E-state index >= 15 is 0 Å². The summed E-state index contributed by atoms with van der Waals surface area (Å²) in [5, 5.41) is 14.9. The van der Waals surface area contributed by atoms with Crippen molar-refractivity contribution in [1.82, 2.24) is 5.32 Å². The third-order valence-electron chi connectivity index (χ3n) is 3.14. The van der Waals surface area contributed by atoms with Crippen LogP contribution >= 0.6 is 15.9 Å². The van der Waals surface area contributed by atoms with Crippen molar-refractivity contribution in [1.29, 1.82) is 0 Å². The maximum absolute atomic E-state index is 12.1. The zero-order chi connectivity index (χ0) is 13.8. The Morgan fingerprint density at radius 2 is 2.21 bits per heavy atom. The van der Waals surface area contributed by atoms with Crippen molar-refractivity contribution in [3.63, 3.8) is 0 Å². The van der Waals surface area contributed by atoms with Gasteiger partial charge in [-0.3, -0.25) is 4.79 Å². The van der Waals surface area contributed by atoms with Crippen LogP contribution in [0.4, 0.5) is 5.69 Å². The smallest absolute Gasteiger partial charge is 0.335 e. The number of carbonyl (C=O) groups is 2. The number of anilines is 1. The summed E-state index contributed by atoms with van der Waals surface area (Å²) in [6.45, 7) is 1.62. The number of carboxylic acid groups (broad SMARTS) is 1. The number of benzene rings is 1. The monoisotopic (exact) mass is 326 g/mol. The average molecular weight is 327 g/mol. The molecule has 0 spiro atoms. The third kappa shape index (κ3) is 3.54. The summed E-state index contributed by atoms with van der Waals surface area (Å²) in [5.41, 5.74) is 0.649. The number of amides is 1. The minimum Gasteiger partial charge on any atom is -0.478 e. The van der Waals surface area contributed by atoms with E-state index in [9.17, 15) is 9.59 Å². The first-order chi connectivity index (χ1) is 9.08. The van der Waals surface area contributed by atoms with Crippen molar-refractivity contribution in [2.45, 2.75) is 12.8 Å². The Kier molecular flexibility index (Phi) is 4.55. The molecule has 6 heteroatoms. The molecule has 1 heterocycles. The molecule has 3 N–H and O–H groups in total. The number of carboxylic acids is 1. The summed E-state index contributed by atoms with van der Waals surface area (Å²) in [6.07, 6.45) is 1.84. The Balaban J connectivity index is 2.11. The molecule has 0 aliphatic carbocycles. The third-order valence-corrected chi connectivity index (χ3v) is 3.83. The van der Waals surface area contributed by atoms with E-state index in [1.165, 1.54) is 12.1 Å². The minimum absolute atomic E-state index is 0.0610. The van der Waals surface area contributed by atoms with Crippen molar-refractivity contribution in [2.75, 3.05) is 18.4 Å². The van der Waals surface area contributed by atoms with E-state index in [0.717, 1.165) is 19.4 Å². The number of rotatable bonds is 3. The molecule has 0 bridgehead atoms. The molecule has 0 saturated carbocycles. The molecule has 5 nitrogen and oxygen atoms in total. The minimum atomic E-state index is -1.01. The van der Waals surface area contributed by atoms with Gasteiger partial charge in [0.05, 0.1) is 17.2 Å². The molecule has 1 aliphatic rings. The fourth-order valence-electron chi connectivity index (χ4n) is 2.06. The van der Waals surface area contributed by atoms with E-state index in [1.54, 1.807) is 6.07 Å². The highest BCUT2D eigenvalue weighted by Gasteiger charge is 2.21. The van der Waals surface area contributed by atoms with Crippen LogP contribution in [0.1, 0.15) is 23.2 Å². The van der Waals surface area contributed by atoms with Gasteiger partial charge in [-0.2, -0.15) is 0 Å². The normalized spacial score (nSPS) is 18.9. The van der Waals surface area contributed by atoms with E-state index in [0.29, 0.717) is 16.7 Å². The first kappa shape index (κ1) is 14.0. The van der Waals surface area contributed by atoms with Crippen LogP contribution in [-0.4, -0.2) is 30.1 Å². The molecule has 1 saturated heterocycles. The molecule has 0 aromatic heterocycles. The van der Waals surface area contributed by atoms with Crippen molar-refractivity contribution >= 4 is 33.5 Å². The van der Waals surface area contributed by atoms with Gasteiger partial charge in [0, 0.05) is 11.0 Å². The van der Waals surface area contributed by atoms with Gasteiger partial charge in [-0.05, 0) is 53.5 Å². The molecule has 2 rings (SSSR count). The van der Waals surface area contributed by atoms with Gasteiger partial charge in [-0.15, -0.1) is 0 Å². The lowest BCUT2D eigenvalue weighted by Gasteiger charge is -2.22. The number of hydrogen-bond donors (Lipinski definition) is 3. The second-order valence-electron chi connectivity index (χ2n) is 4.53. The van der Waals surface area contributed by atoms with Crippen LogP contribution < -0.4 is 10.6 Å². The molecular formula is C13H15BrN2O3. The summed E-state index contributed by atoms with van der Waals surface area (Å²) in [5.74, 6) is -1.15. The molecule has 1 aliphatic heterocycles. The SMILES string of the molecule is O=C(O)c1ccc(Br)c(NC(=O)C2CCCNC2)c1. The summed E-state index contributed by atoms with van der Waals surface area (Å²) in [6, 6.07) is 4.57. The highest BCUT2D eigenvalue weighted by Crippen LogP contribution is 2.25. The number of hydrogen-bond acceptors (Lipinski definition) is 3. The number of carbonyl (C=O) groups excluding carboxylic acids is 1. The lowest BCUT2D eigenvalue weighted by atomic mass is 9.99. The van der Waals surface area contributed by atoms with E-state index in [-0.39, 0.29) is 17.4 Å². The molecule has 1 atom stereocenters. The Bertz CT molecular complexity index is 499. The fraction of sp³-hybridized carbons (Fsp3) is 0.385. The maximum atomic E-state index is 12.1. The van der Waals surface area contributed by atoms with Crippen LogP contribution in [0, 0.1) is 5.92 Å². The average Bonchev–Trinajstić information content (AvgIpc) is 2.42. The number of aromatic carboxylic acids is 1. The van der Waals surface area contributed by atoms with E-state index in [4.69, 9.17) is 5.11 Å². The van der Waals surface area contributed by atoms with Gasteiger partial charge in [-0.25, -0.2) is 4.79 Å². The Morgan fingerprint density at radius 1 is 1.42 bits per heavy atom. The zero-order valence-electron chi connectivity index (χ0n) is 10.3. The molecule has 1 aromatic carbocycles. The Hall–Kier alpha value is -1.40. The topological polar surface area (TPSA) is 78.4 Å².